The van der Waals surface area contributed by atoms with Gasteiger partial charge in [0.05, 0.1) is 34.9 Å². The first-order chi connectivity index (χ1) is 16.6. The summed E-state index contributed by atoms with van der Waals surface area (Å²) in [5, 5.41) is 37.2. The van der Waals surface area contributed by atoms with Gasteiger partial charge < -0.3 is 24.8 Å². The number of hydrogen-bond acceptors (Lipinski definition) is 7. The average molecular weight is 569 g/mol. The van der Waals surface area contributed by atoms with Crippen molar-refractivity contribution in [2.24, 2.45) is 0 Å². The van der Waals surface area contributed by atoms with E-state index in [1.807, 2.05) is 42.5 Å². The smallest absolute Gasteiger partial charge is 0.133 e. The lowest BCUT2D eigenvalue weighted by atomic mass is 9.78. The third-order valence-electron chi connectivity index (χ3n) is 5.85. The Morgan fingerprint density at radius 1 is 1.03 bits per heavy atom. The van der Waals surface area contributed by atoms with Crippen molar-refractivity contribution in [1.29, 1.82) is 0 Å². The van der Waals surface area contributed by atoms with Crippen LogP contribution >= 0.6 is 27.5 Å². The maximum Gasteiger partial charge on any atom is 0.133 e. The molecule has 0 radical (unpaired) electrons. The van der Waals surface area contributed by atoms with Crippen molar-refractivity contribution in [1.82, 2.24) is 15.0 Å². The summed E-state index contributed by atoms with van der Waals surface area (Å²) >= 11 is 9.18. The van der Waals surface area contributed by atoms with Crippen molar-refractivity contribution in [3.8, 4) is 11.5 Å². The van der Waals surface area contributed by atoms with Crippen LogP contribution < -0.4 is 9.47 Å². The number of rotatable bonds is 12. The molecule has 2 atom stereocenters. The Morgan fingerprint density at radius 2 is 1.69 bits per heavy atom. The number of hydrogen-bond donors (Lipinski definition) is 3. The van der Waals surface area contributed by atoms with Crippen molar-refractivity contribution in [3.05, 3.63) is 69.5 Å². The van der Waals surface area contributed by atoms with Gasteiger partial charge in [0.1, 0.15) is 36.9 Å². The maximum atomic E-state index is 10.3. The number of aryl methyl sites for hydroxylation is 1. The molecule has 0 saturated heterocycles. The van der Waals surface area contributed by atoms with Crippen LogP contribution in [0.1, 0.15) is 36.4 Å². The Morgan fingerprint density at radius 3 is 2.31 bits per heavy atom. The fourth-order valence-electron chi connectivity index (χ4n) is 3.58. The molecular formula is C25H31BrClN3O5. The van der Waals surface area contributed by atoms with Gasteiger partial charge in [-0.15, -0.1) is 16.7 Å². The molecule has 0 saturated carbocycles. The molecule has 3 N–H and O–H groups in total. The molecule has 1 aromatic heterocycles. The second kappa shape index (κ2) is 12.2. The quantitative estimate of drug-likeness (QED) is 0.287. The fraction of sp³-hybridized carbons (Fsp3) is 0.440. The number of benzene rings is 2. The number of aliphatic hydroxyl groups excluding tert-OH is 3. The molecule has 0 bridgehead atoms. The minimum absolute atomic E-state index is 0.0827. The summed E-state index contributed by atoms with van der Waals surface area (Å²) in [5.74, 6) is 1.40. The van der Waals surface area contributed by atoms with Crippen molar-refractivity contribution >= 4 is 27.5 Å². The van der Waals surface area contributed by atoms with Crippen LogP contribution in [0.2, 0.25) is 0 Å². The Balaban J connectivity index is 1.61. The molecule has 190 valence electrons. The molecule has 8 nitrogen and oxygen atoms in total. The van der Waals surface area contributed by atoms with E-state index in [4.69, 9.17) is 21.1 Å². The Labute approximate surface area is 218 Å². The van der Waals surface area contributed by atoms with Gasteiger partial charge in [0, 0.05) is 5.41 Å². The van der Waals surface area contributed by atoms with E-state index in [0.29, 0.717) is 22.9 Å². The van der Waals surface area contributed by atoms with Crippen molar-refractivity contribution in [2.45, 2.75) is 51.5 Å². The van der Waals surface area contributed by atoms with Crippen LogP contribution in [0.5, 0.6) is 11.5 Å². The molecule has 3 aromatic rings. The molecule has 10 heteroatoms. The summed E-state index contributed by atoms with van der Waals surface area (Å²) in [5.41, 5.74) is 3.10. The van der Waals surface area contributed by atoms with Crippen LogP contribution in [0, 0.1) is 6.92 Å². The summed E-state index contributed by atoms with van der Waals surface area (Å²) in [6.07, 6.45) is -1.52. The van der Waals surface area contributed by atoms with E-state index < -0.39 is 12.2 Å². The minimum Gasteiger partial charge on any atom is -0.491 e. The zero-order chi connectivity index (χ0) is 25.6. The molecule has 0 spiro atoms. The van der Waals surface area contributed by atoms with E-state index in [2.05, 4.69) is 40.1 Å². The number of aromatic nitrogens is 3. The fourth-order valence-corrected chi connectivity index (χ4v) is 4.16. The second-order valence-electron chi connectivity index (χ2n) is 8.84. The van der Waals surface area contributed by atoms with Gasteiger partial charge in [-0.1, -0.05) is 37.3 Å². The van der Waals surface area contributed by atoms with Crippen molar-refractivity contribution < 1.29 is 24.8 Å². The minimum atomic E-state index is -0.804. The lowest BCUT2D eigenvalue weighted by molar-refractivity contribution is 0.0866. The van der Waals surface area contributed by atoms with Gasteiger partial charge in [0.25, 0.3) is 0 Å². The monoisotopic (exact) mass is 567 g/mol. The van der Waals surface area contributed by atoms with Crippen LogP contribution in [0.3, 0.4) is 0 Å². The molecule has 0 fully saturated rings. The Bertz CT molecular complexity index is 1110. The largest absolute Gasteiger partial charge is 0.491 e. The SMILES string of the molecule is Cc1nnn(C[C@H](O)COc2ccc(C(C)(C)c3ccc(OC[C@H](O)CCl)c(Br)c3)cc2)c1CO. The highest BCUT2D eigenvalue weighted by atomic mass is 79.9. The summed E-state index contributed by atoms with van der Waals surface area (Å²) in [7, 11) is 0. The van der Waals surface area contributed by atoms with Crippen molar-refractivity contribution in [3.63, 3.8) is 0 Å². The van der Waals surface area contributed by atoms with Gasteiger partial charge in [-0.25, -0.2) is 4.68 Å². The predicted molar refractivity (Wildman–Crippen MR) is 137 cm³/mol. The standard InChI is InChI=1S/C25H31BrClN3O5/c1-16-23(13-31)30(29-28-16)12-20(33)15-34-21-7-4-17(5-8-21)25(2,3)18-6-9-24(22(26)10-18)35-14-19(32)11-27/h4-10,19-20,31-33H,11-15H2,1-3H3/t19-,20+/m1/s1. The zero-order valence-electron chi connectivity index (χ0n) is 20.0. The van der Waals surface area contributed by atoms with E-state index in [1.54, 1.807) is 6.92 Å². The highest BCUT2D eigenvalue weighted by molar-refractivity contribution is 9.10. The van der Waals surface area contributed by atoms with E-state index in [0.717, 1.165) is 15.6 Å². The lowest BCUT2D eigenvalue weighted by Gasteiger charge is -2.27. The molecule has 0 aliphatic heterocycles. The summed E-state index contributed by atoms with van der Waals surface area (Å²) in [4.78, 5) is 0. The second-order valence-corrected chi connectivity index (χ2v) is 10.0. The van der Waals surface area contributed by atoms with E-state index >= 15 is 0 Å². The maximum absolute atomic E-state index is 10.3. The molecular weight excluding hydrogens is 538 g/mol. The zero-order valence-corrected chi connectivity index (χ0v) is 22.3. The summed E-state index contributed by atoms with van der Waals surface area (Å²) < 4.78 is 13.7. The number of alkyl halides is 1. The summed E-state index contributed by atoms with van der Waals surface area (Å²) in [6, 6.07) is 13.6. The van der Waals surface area contributed by atoms with Gasteiger partial charge in [0.2, 0.25) is 0 Å². The highest BCUT2D eigenvalue weighted by Gasteiger charge is 2.24. The van der Waals surface area contributed by atoms with Crippen LogP contribution in [0.25, 0.3) is 0 Å². The van der Waals surface area contributed by atoms with Crippen molar-refractivity contribution in [2.75, 3.05) is 19.1 Å². The summed E-state index contributed by atoms with van der Waals surface area (Å²) in [6.45, 7) is 6.22. The van der Waals surface area contributed by atoms with Gasteiger partial charge >= 0.3 is 0 Å². The van der Waals surface area contributed by atoms with Crippen LogP contribution in [-0.4, -0.2) is 61.6 Å². The molecule has 0 aliphatic rings. The average Bonchev–Trinajstić information content (AvgIpc) is 3.20. The number of halogens is 2. The Hall–Kier alpha value is -2.17. The molecule has 2 aromatic carbocycles. The molecule has 0 amide bonds. The first kappa shape index (κ1) is 27.4. The van der Waals surface area contributed by atoms with Gasteiger partial charge in [-0.3, -0.25) is 0 Å². The normalized spacial score (nSPS) is 13.5. The highest BCUT2D eigenvalue weighted by Crippen LogP contribution is 2.36. The number of ether oxygens (including phenoxy) is 2. The van der Waals surface area contributed by atoms with Crippen LogP contribution in [-0.2, 0) is 18.6 Å². The van der Waals surface area contributed by atoms with E-state index in [-0.39, 0.29) is 37.7 Å². The molecule has 3 rings (SSSR count). The molecule has 35 heavy (non-hydrogen) atoms. The first-order valence-electron chi connectivity index (χ1n) is 11.2. The Kier molecular flexibility index (Phi) is 9.54. The molecule has 0 aliphatic carbocycles. The van der Waals surface area contributed by atoms with Gasteiger partial charge in [0.15, 0.2) is 0 Å². The topological polar surface area (TPSA) is 110 Å². The van der Waals surface area contributed by atoms with Crippen LogP contribution in [0.15, 0.2) is 46.9 Å². The molecule has 0 unspecified atom stereocenters. The number of aliphatic hydroxyl groups is 3. The van der Waals surface area contributed by atoms with E-state index in [1.165, 1.54) is 4.68 Å². The first-order valence-corrected chi connectivity index (χ1v) is 12.6. The third kappa shape index (κ3) is 6.95. The third-order valence-corrected chi connectivity index (χ3v) is 6.82. The predicted octanol–water partition coefficient (Wildman–Crippen LogP) is 3.59. The number of nitrogens with zero attached hydrogens (tertiary/aromatic N) is 3. The molecule has 1 heterocycles. The van der Waals surface area contributed by atoms with Crippen LogP contribution in [0.4, 0.5) is 0 Å². The van der Waals surface area contributed by atoms with Gasteiger partial charge in [-0.2, -0.15) is 0 Å². The van der Waals surface area contributed by atoms with E-state index in [9.17, 15) is 15.3 Å². The van der Waals surface area contributed by atoms with Gasteiger partial charge in [-0.05, 0) is 58.2 Å². The lowest BCUT2D eigenvalue weighted by Crippen LogP contribution is -2.25.